The van der Waals surface area contributed by atoms with E-state index in [1.165, 1.54) is 18.3 Å². The molecule has 13 heavy (non-hydrogen) atoms. The summed E-state index contributed by atoms with van der Waals surface area (Å²) in [6.07, 6.45) is 1.42. The van der Waals surface area contributed by atoms with Crippen LogP contribution in [0.3, 0.4) is 0 Å². The number of aromatic nitrogens is 1. The first-order valence-electron chi connectivity index (χ1n) is 3.70. The average Bonchev–Trinajstić information content (AvgIpc) is 2.14. The quantitative estimate of drug-likeness (QED) is 0.754. The van der Waals surface area contributed by atoms with E-state index < -0.39 is 6.67 Å². The van der Waals surface area contributed by atoms with Gasteiger partial charge in [0.15, 0.2) is 0 Å². The summed E-state index contributed by atoms with van der Waals surface area (Å²) in [7, 11) is 0. The summed E-state index contributed by atoms with van der Waals surface area (Å²) in [5.74, 6) is -0.345. The van der Waals surface area contributed by atoms with Crippen molar-refractivity contribution in [3.8, 4) is 0 Å². The van der Waals surface area contributed by atoms with Gasteiger partial charge in [-0.15, -0.1) is 0 Å². The van der Waals surface area contributed by atoms with Crippen LogP contribution in [0.15, 0.2) is 18.3 Å². The van der Waals surface area contributed by atoms with Crippen molar-refractivity contribution < 1.29 is 9.18 Å². The third-order valence-electron chi connectivity index (χ3n) is 1.37. The van der Waals surface area contributed by atoms with Crippen molar-refractivity contribution in [2.75, 3.05) is 13.2 Å². The van der Waals surface area contributed by atoms with Gasteiger partial charge in [-0.25, -0.2) is 9.37 Å². The van der Waals surface area contributed by atoms with E-state index >= 15 is 0 Å². The monoisotopic (exact) mass is 202 g/mol. The maximum absolute atomic E-state index is 11.7. The molecule has 1 N–H and O–H groups in total. The number of rotatable bonds is 3. The van der Waals surface area contributed by atoms with Crippen molar-refractivity contribution in [2.24, 2.45) is 0 Å². The molecule has 70 valence electrons. The molecule has 0 atom stereocenters. The van der Waals surface area contributed by atoms with Crippen molar-refractivity contribution in [1.29, 1.82) is 0 Å². The SMILES string of the molecule is O=C(NCCF)c1ccnc(Cl)c1. The van der Waals surface area contributed by atoms with E-state index in [4.69, 9.17) is 11.6 Å². The van der Waals surface area contributed by atoms with Crippen molar-refractivity contribution >= 4 is 17.5 Å². The van der Waals surface area contributed by atoms with Crippen LogP contribution in [0, 0.1) is 0 Å². The number of hydrogen-bond acceptors (Lipinski definition) is 2. The Labute approximate surface area is 79.9 Å². The molecular formula is C8H8ClFN2O. The van der Waals surface area contributed by atoms with Gasteiger partial charge >= 0.3 is 0 Å². The number of nitrogens with one attached hydrogen (secondary N) is 1. The van der Waals surface area contributed by atoms with E-state index in [0.29, 0.717) is 5.56 Å². The van der Waals surface area contributed by atoms with Crippen LogP contribution in [-0.2, 0) is 0 Å². The second kappa shape index (κ2) is 4.77. The fraction of sp³-hybridized carbons (Fsp3) is 0.250. The Hall–Kier alpha value is -1.16. The number of carbonyl (C=O) groups is 1. The summed E-state index contributed by atoms with van der Waals surface area (Å²) in [5, 5.41) is 2.62. The molecule has 0 aromatic carbocycles. The number of nitrogens with zero attached hydrogens (tertiary/aromatic N) is 1. The first-order chi connectivity index (χ1) is 6.24. The number of pyridine rings is 1. The van der Waals surface area contributed by atoms with Crippen LogP contribution in [0.2, 0.25) is 5.15 Å². The van der Waals surface area contributed by atoms with Crippen LogP contribution in [-0.4, -0.2) is 24.1 Å². The molecule has 0 radical (unpaired) electrons. The molecule has 3 nitrogen and oxygen atoms in total. The van der Waals surface area contributed by atoms with Gasteiger partial charge in [0.2, 0.25) is 0 Å². The van der Waals surface area contributed by atoms with E-state index in [9.17, 15) is 9.18 Å². The highest BCUT2D eigenvalue weighted by Gasteiger charge is 2.04. The molecule has 1 rings (SSSR count). The van der Waals surface area contributed by atoms with Crippen LogP contribution in [0.1, 0.15) is 10.4 Å². The fourth-order valence-corrected chi connectivity index (χ4v) is 0.980. The number of hydrogen-bond donors (Lipinski definition) is 1. The Kier molecular flexibility index (Phi) is 3.64. The third kappa shape index (κ3) is 2.99. The highest BCUT2D eigenvalue weighted by atomic mass is 35.5. The van der Waals surface area contributed by atoms with Gasteiger partial charge in [-0.3, -0.25) is 4.79 Å². The minimum atomic E-state index is -0.579. The van der Waals surface area contributed by atoms with Crippen LogP contribution in [0.25, 0.3) is 0 Å². The molecule has 0 fully saturated rings. The lowest BCUT2D eigenvalue weighted by atomic mass is 10.2. The summed E-state index contributed by atoms with van der Waals surface area (Å²) in [6, 6.07) is 2.94. The van der Waals surface area contributed by atoms with Crippen LogP contribution in [0.5, 0.6) is 0 Å². The summed E-state index contributed by atoms with van der Waals surface area (Å²) >= 11 is 5.56. The molecule has 0 saturated heterocycles. The zero-order valence-electron chi connectivity index (χ0n) is 6.76. The van der Waals surface area contributed by atoms with E-state index in [-0.39, 0.29) is 17.6 Å². The predicted octanol–water partition coefficient (Wildman–Crippen LogP) is 1.43. The molecule has 0 aliphatic carbocycles. The largest absolute Gasteiger partial charge is 0.349 e. The van der Waals surface area contributed by atoms with Crippen LogP contribution >= 0.6 is 11.6 Å². The molecule has 0 saturated carbocycles. The Morgan fingerprint density at radius 3 is 3.08 bits per heavy atom. The smallest absolute Gasteiger partial charge is 0.251 e. The van der Waals surface area contributed by atoms with Crippen molar-refractivity contribution in [1.82, 2.24) is 10.3 Å². The van der Waals surface area contributed by atoms with E-state index in [1.807, 2.05) is 0 Å². The van der Waals surface area contributed by atoms with Gasteiger partial charge in [0.05, 0.1) is 0 Å². The minimum Gasteiger partial charge on any atom is -0.349 e. The number of halogens is 2. The van der Waals surface area contributed by atoms with Gasteiger partial charge in [-0.1, -0.05) is 11.6 Å². The molecular weight excluding hydrogens is 195 g/mol. The number of amides is 1. The molecule has 0 spiro atoms. The Morgan fingerprint density at radius 2 is 2.46 bits per heavy atom. The average molecular weight is 203 g/mol. The lowest BCUT2D eigenvalue weighted by Gasteiger charge is -2.01. The first kappa shape index (κ1) is 9.92. The van der Waals surface area contributed by atoms with Crippen LogP contribution < -0.4 is 5.32 Å². The van der Waals surface area contributed by atoms with Crippen molar-refractivity contribution in [3.05, 3.63) is 29.0 Å². The Morgan fingerprint density at radius 1 is 1.69 bits per heavy atom. The Bertz CT molecular complexity index is 306. The first-order valence-corrected chi connectivity index (χ1v) is 4.07. The van der Waals surface area contributed by atoms with Gasteiger partial charge in [0.25, 0.3) is 5.91 Å². The summed E-state index contributed by atoms with van der Waals surface area (Å²) in [4.78, 5) is 14.9. The number of carbonyl (C=O) groups excluding carboxylic acids is 1. The van der Waals surface area contributed by atoms with Gasteiger partial charge < -0.3 is 5.32 Å². The fourth-order valence-electron chi connectivity index (χ4n) is 0.807. The van der Waals surface area contributed by atoms with Gasteiger partial charge in [-0.2, -0.15) is 0 Å². The molecule has 0 unspecified atom stereocenters. The van der Waals surface area contributed by atoms with Crippen LogP contribution in [0.4, 0.5) is 4.39 Å². The summed E-state index contributed by atoms with van der Waals surface area (Å²) < 4.78 is 11.7. The molecule has 0 aliphatic rings. The topological polar surface area (TPSA) is 42.0 Å². The molecule has 1 amide bonds. The van der Waals surface area contributed by atoms with Gasteiger partial charge in [-0.05, 0) is 12.1 Å². The highest BCUT2D eigenvalue weighted by Crippen LogP contribution is 2.06. The van der Waals surface area contributed by atoms with Gasteiger partial charge in [0.1, 0.15) is 11.8 Å². The number of alkyl halides is 1. The van der Waals surface area contributed by atoms with E-state index in [0.717, 1.165) is 0 Å². The lowest BCUT2D eigenvalue weighted by Crippen LogP contribution is -2.25. The molecule has 0 aliphatic heterocycles. The zero-order valence-corrected chi connectivity index (χ0v) is 7.51. The third-order valence-corrected chi connectivity index (χ3v) is 1.58. The molecule has 1 aromatic rings. The molecule has 1 aromatic heterocycles. The standard InChI is InChI=1S/C8H8ClFN2O/c9-7-5-6(1-3-11-7)8(13)12-4-2-10/h1,3,5H,2,4H2,(H,12,13). The van der Waals surface area contributed by atoms with Crippen molar-refractivity contribution in [2.45, 2.75) is 0 Å². The predicted molar refractivity (Wildman–Crippen MR) is 47.6 cm³/mol. The summed E-state index contributed by atoms with van der Waals surface area (Å²) in [5.41, 5.74) is 0.383. The normalized spacial score (nSPS) is 9.69. The Balaban J connectivity index is 2.66. The second-order valence-corrected chi connectivity index (χ2v) is 2.70. The minimum absolute atomic E-state index is 0.0127. The zero-order chi connectivity index (χ0) is 9.68. The van der Waals surface area contributed by atoms with E-state index in [2.05, 4.69) is 10.3 Å². The molecule has 5 heteroatoms. The highest BCUT2D eigenvalue weighted by molar-refractivity contribution is 6.29. The van der Waals surface area contributed by atoms with Gasteiger partial charge in [0, 0.05) is 18.3 Å². The lowest BCUT2D eigenvalue weighted by molar-refractivity contribution is 0.0950. The summed E-state index contributed by atoms with van der Waals surface area (Å²) in [6.45, 7) is -0.566. The maximum atomic E-state index is 11.7. The second-order valence-electron chi connectivity index (χ2n) is 2.31. The van der Waals surface area contributed by atoms with E-state index in [1.54, 1.807) is 0 Å². The maximum Gasteiger partial charge on any atom is 0.251 e. The molecule has 0 bridgehead atoms. The molecule has 1 heterocycles. The van der Waals surface area contributed by atoms with Crippen molar-refractivity contribution in [3.63, 3.8) is 0 Å².